The second-order valence-electron chi connectivity index (χ2n) is 6.03. The number of amides is 1. The first-order valence-corrected chi connectivity index (χ1v) is 7.73. The number of anilines is 1. The summed E-state index contributed by atoms with van der Waals surface area (Å²) >= 11 is 0. The van der Waals surface area contributed by atoms with Crippen LogP contribution in [-0.4, -0.2) is 55.6 Å². The fraction of sp³-hybridized carbons (Fsp3) is 0.625. The molecule has 0 spiro atoms. The van der Waals surface area contributed by atoms with Crippen LogP contribution >= 0.6 is 0 Å². The van der Waals surface area contributed by atoms with Gasteiger partial charge in [-0.05, 0) is 45.0 Å². The number of hydrogen-bond donors (Lipinski definition) is 1. The Morgan fingerprint density at radius 2 is 2.10 bits per heavy atom. The average molecular weight is 290 g/mol. The Morgan fingerprint density at radius 3 is 2.76 bits per heavy atom. The van der Waals surface area contributed by atoms with Crippen molar-refractivity contribution in [3.63, 3.8) is 0 Å². The Kier molecular flexibility index (Phi) is 5.56. The number of nitrogens with zero attached hydrogens (tertiary/aromatic N) is 3. The van der Waals surface area contributed by atoms with Crippen LogP contribution in [0.15, 0.2) is 18.3 Å². The number of carbonyl (C=O) groups excluding carboxylic acids is 1. The first-order valence-electron chi connectivity index (χ1n) is 7.73. The van der Waals surface area contributed by atoms with Gasteiger partial charge in [-0.1, -0.05) is 6.42 Å². The summed E-state index contributed by atoms with van der Waals surface area (Å²) in [6.07, 6.45) is 5.57. The SMILES string of the molecule is C[C@H](CN1CCCCC1)NC(=O)c1ccnc(N(C)C)c1. The van der Waals surface area contributed by atoms with Crippen molar-refractivity contribution in [2.45, 2.75) is 32.2 Å². The lowest BCUT2D eigenvalue weighted by atomic mass is 10.1. The van der Waals surface area contributed by atoms with Crippen LogP contribution in [0, 0.1) is 0 Å². The molecule has 1 aliphatic rings. The summed E-state index contributed by atoms with van der Waals surface area (Å²) in [7, 11) is 3.84. The normalized spacial score (nSPS) is 17.3. The molecule has 2 heterocycles. The van der Waals surface area contributed by atoms with Gasteiger partial charge >= 0.3 is 0 Å². The third kappa shape index (κ3) is 4.70. The molecule has 0 unspecified atom stereocenters. The average Bonchev–Trinajstić information content (AvgIpc) is 2.48. The molecule has 0 aliphatic carbocycles. The number of carbonyl (C=O) groups is 1. The minimum Gasteiger partial charge on any atom is -0.363 e. The summed E-state index contributed by atoms with van der Waals surface area (Å²) in [4.78, 5) is 20.9. The lowest BCUT2D eigenvalue weighted by Crippen LogP contribution is -2.43. The minimum atomic E-state index is -0.0231. The Hall–Kier alpha value is -1.62. The quantitative estimate of drug-likeness (QED) is 0.897. The number of aromatic nitrogens is 1. The minimum absolute atomic E-state index is 0.0231. The van der Waals surface area contributed by atoms with Gasteiger partial charge in [-0.15, -0.1) is 0 Å². The van der Waals surface area contributed by atoms with Gasteiger partial charge in [0.15, 0.2) is 0 Å². The monoisotopic (exact) mass is 290 g/mol. The van der Waals surface area contributed by atoms with E-state index in [4.69, 9.17) is 0 Å². The van der Waals surface area contributed by atoms with Crippen LogP contribution in [0.2, 0.25) is 0 Å². The third-order valence-corrected chi connectivity index (χ3v) is 3.82. The molecule has 21 heavy (non-hydrogen) atoms. The van der Waals surface area contributed by atoms with Crippen LogP contribution in [0.3, 0.4) is 0 Å². The van der Waals surface area contributed by atoms with Crippen molar-refractivity contribution in [2.75, 3.05) is 38.6 Å². The van der Waals surface area contributed by atoms with E-state index in [1.54, 1.807) is 12.3 Å². The van der Waals surface area contributed by atoms with Crippen LogP contribution in [0.25, 0.3) is 0 Å². The molecule has 1 aliphatic heterocycles. The van der Waals surface area contributed by atoms with Crippen molar-refractivity contribution in [1.29, 1.82) is 0 Å². The Labute approximate surface area is 127 Å². The van der Waals surface area contributed by atoms with Crippen molar-refractivity contribution in [1.82, 2.24) is 15.2 Å². The maximum atomic E-state index is 12.3. The van der Waals surface area contributed by atoms with E-state index >= 15 is 0 Å². The standard InChI is InChI=1S/C16H26N4O/c1-13(12-20-9-5-4-6-10-20)18-16(21)14-7-8-17-15(11-14)19(2)3/h7-8,11,13H,4-6,9-10,12H2,1-3H3,(H,18,21)/t13-/m1/s1. The molecule has 1 saturated heterocycles. The van der Waals surface area contributed by atoms with E-state index in [0.717, 1.165) is 25.5 Å². The summed E-state index contributed by atoms with van der Waals surface area (Å²) in [5.41, 5.74) is 0.666. The molecule has 0 saturated carbocycles. The Morgan fingerprint density at radius 1 is 1.38 bits per heavy atom. The fourth-order valence-corrected chi connectivity index (χ4v) is 2.69. The highest BCUT2D eigenvalue weighted by Gasteiger charge is 2.16. The van der Waals surface area contributed by atoms with E-state index in [2.05, 4.69) is 22.1 Å². The van der Waals surface area contributed by atoms with Gasteiger partial charge < -0.3 is 15.1 Å². The molecular formula is C16H26N4O. The second kappa shape index (κ2) is 7.41. The second-order valence-corrected chi connectivity index (χ2v) is 6.03. The van der Waals surface area contributed by atoms with Gasteiger partial charge in [0.05, 0.1) is 0 Å². The lowest BCUT2D eigenvalue weighted by Gasteiger charge is -2.29. The summed E-state index contributed by atoms with van der Waals surface area (Å²) in [5, 5.41) is 3.08. The van der Waals surface area contributed by atoms with Crippen LogP contribution in [0.1, 0.15) is 36.5 Å². The predicted octanol–water partition coefficient (Wildman–Crippen LogP) is 1.75. The van der Waals surface area contributed by atoms with Gasteiger partial charge in [0, 0.05) is 38.4 Å². The molecule has 0 aromatic carbocycles. The van der Waals surface area contributed by atoms with Gasteiger partial charge in [-0.2, -0.15) is 0 Å². The number of nitrogens with one attached hydrogen (secondary N) is 1. The predicted molar refractivity (Wildman–Crippen MR) is 85.8 cm³/mol. The topological polar surface area (TPSA) is 48.5 Å². The van der Waals surface area contributed by atoms with Gasteiger partial charge in [0.1, 0.15) is 5.82 Å². The number of rotatable bonds is 5. The maximum Gasteiger partial charge on any atom is 0.251 e. The molecule has 1 N–H and O–H groups in total. The van der Waals surface area contributed by atoms with Gasteiger partial charge in [-0.3, -0.25) is 4.79 Å². The zero-order valence-corrected chi connectivity index (χ0v) is 13.3. The number of likely N-dealkylation sites (tertiary alicyclic amines) is 1. The molecule has 1 aromatic heterocycles. The van der Waals surface area contributed by atoms with Gasteiger partial charge in [0.2, 0.25) is 0 Å². The first kappa shape index (κ1) is 15.8. The van der Waals surface area contributed by atoms with Crippen molar-refractivity contribution in [2.24, 2.45) is 0 Å². The third-order valence-electron chi connectivity index (χ3n) is 3.82. The zero-order valence-electron chi connectivity index (χ0n) is 13.3. The smallest absolute Gasteiger partial charge is 0.251 e. The summed E-state index contributed by atoms with van der Waals surface area (Å²) in [6, 6.07) is 3.74. The summed E-state index contributed by atoms with van der Waals surface area (Å²) in [5.74, 6) is 0.774. The molecule has 1 fully saturated rings. The molecule has 0 radical (unpaired) electrons. The molecular weight excluding hydrogens is 264 g/mol. The highest BCUT2D eigenvalue weighted by molar-refractivity contribution is 5.95. The van der Waals surface area contributed by atoms with E-state index in [1.807, 2.05) is 25.1 Å². The van der Waals surface area contributed by atoms with E-state index in [-0.39, 0.29) is 11.9 Å². The molecule has 0 bridgehead atoms. The molecule has 1 amide bonds. The maximum absolute atomic E-state index is 12.3. The van der Waals surface area contributed by atoms with Crippen LogP contribution < -0.4 is 10.2 Å². The highest BCUT2D eigenvalue weighted by atomic mass is 16.1. The largest absolute Gasteiger partial charge is 0.363 e. The number of pyridine rings is 1. The zero-order chi connectivity index (χ0) is 15.2. The molecule has 1 aromatic rings. The summed E-state index contributed by atoms with van der Waals surface area (Å²) in [6.45, 7) is 5.30. The molecule has 1 atom stereocenters. The molecule has 2 rings (SSSR count). The number of hydrogen-bond acceptors (Lipinski definition) is 4. The summed E-state index contributed by atoms with van der Waals surface area (Å²) < 4.78 is 0. The van der Waals surface area contributed by atoms with Gasteiger partial charge in [-0.25, -0.2) is 4.98 Å². The van der Waals surface area contributed by atoms with Crippen LogP contribution in [-0.2, 0) is 0 Å². The van der Waals surface area contributed by atoms with Gasteiger partial charge in [0.25, 0.3) is 5.91 Å². The van der Waals surface area contributed by atoms with Crippen LogP contribution in [0.4, 0.5) is 5.82 Å². The first-order chi connectivity index (χ1) is 10.1. The van der Waals surface area contributed by atoms with E-state index in [9.17, 15) is 4.79 Å². The van der Waals surface area contributed by atoms with Crippen LogP contribution in [0.5, 0.6) is 0 Å². The molecule has 116 valence electrons. The van der Waals surface area contributed by atoms with E-state index < -0.39 is 0 Å². The number of piperidine rings is 1. The van der Waals surface area contributed by atoms with Crippen molar-refractivity contribution >= 4 is 11.7 Å². The van der Waals surface area contributed by atoms with E-state index in [0.29, 0.717) is 5.56 Å². The van der Waals surface area contributed by atoms with Crippen molar-refractivity contribution in [3.8, 4) is 0 Å². The van der Waals surface area contributed by atoms with Crippen molar-refractivity contribution in [3.05, 3.63) is 23.9 Å². The van der Waals surface area contributed by atoms with Crippen molar-refractivity contribution < 1.29 is 4.79 Å². The lowest BCUT2D eigenvalue weighted by molar-refractivity contribution is 0.0925. The van der Waals surface area contributed by atoms with E-state index in [1.165, 1.54) is 19.3 Å². The Bertz CT molecular complexity index is 469. The molecule has 5 nitrogen and oxygen atoms in total. The molecule has 5 heteroatoms. The fourth-order valence-electron chi connectivity index (χ4n) is 2.69. The highest BCUT2D eigenvalue weighted by Crippen LogP contribution is 2.11. The Balaban J connectivity index is 1.89.